The highest BCUT2D eigenvalue weighted by atomic mass is 32.2. The van der Waals surface area contributed by atoms with E-state index in [1.54, 1.807) is 6.92 Å². The lowest BCUT2D eigenvalue weighted by Crippen LogP contribution is -2.13. The monoisotopic (exact) mass is 391 g/mol. The molecule has 1 N–H and O–H groups in total. The lowest BCUT2D eigenvalue weighted by molar-refractivity contribution is 0.0993. The molecular weight excluding hydrogens is 376 g/mol. The van der Waals surface area contributed by atoms with Crippen LogP contribution in [-0.4, -0.2) is 21.2 Å². The predicted octanol–water partition coefficient (Wildman–Crippen LogP) is 5.23. The number of carbonyl (C=O) groups excluding carboxylic acids is 1. The van der Waals surface area contributed by atoms with Crippen molar-refractivity contribution in [3.05, 3.63) is 65.2 Å². The predicted molar refractivity (Wildman–Crippen MR) is 100 cm³/mol. The minimum absolute atomic E-state index is 0.131. The Morgan fingerprint density at radius 2 is 1.96 bits per heavy atom. The molecule has 0 amide bonds. The molecule has 0 saturated carbocycles. The van der Waals surface area contributed by atoms with E-state index < -0.39 is 16.9 Å². The van der Waals surface area contributed by atoms with E-state index in [4.69, 9.17) is 0 Å². The van der Waals surface area contributed by atoms with Gasteiger partial charge in [-0.25, -0.2) is 8.78 Å². The van der Waals surface area contributed by atoms with E-state index in [0.717, 1.165) is 23.4 Å². The molecule has 0 aliphatic heterocycles. The summed E-state index contributed by atoms with van der Waals surface area (Å²) in [5, 5.41) is 11.4. The number of rotatable bonds is 6. The third-order valence-electron chi connectivity index (χ3n) is 3.53. The van der Waals surface area contributed by atoms with Crippen molar-refractivity contribution in [3.8, 4) is 0 Å². The molecule has 1 atom stereocenters. The molecule has 1 aromatic heterocycles. The average Bonchev–Trinajstić information content (AvgIpc) is 3.03. The summed E-state index contributed by atoms with van der Waals surface area (Å²) in [6.07, 6.45) is 0. The molecule has 0 bridgehead atoms. The molecule has 26 heavy (non-hydrogen) atoms. The molecule has 0 radical (unpaired) electrons. The van der Waals surface area contributed by atoms with Crippen molar-refractivity contribution in [2.24, 2.45) is 0 Å². The van der Waals surface area contributed by atoms with Gasteiger partial charge in [0.05, 0.1) is 5.25 Å². The third kappa shape index (κ3) is 4.44. The fraction of sp³-hybridized carbons (Fsp3) is 0.167. The van der Waals surface area contributed by atoms with E-state index in [1.807, 2.05) is 31.2 Å². The van der Waals surface area contributed by atoms with Crippen LogP contribution in [0.25, 0.3) is 0 Å². The number of thioether (sulfide) groups is 1. The molecule has 0 saturated heterocycles. The molecule has 0 aliphatic carbocycles. The van der Waals surface area contributed by atoms with Gasteiger partial charge in [0.2, 0.25) is 5.13 Å². The number of ketones is 1. The van der Waals surface area contributed by atoms with E-state index >= 15 is 0 Å². The van der Waals surface area contributed by atoms with Crippen molar-refractivity contribution in [2.45, 2.75) is 23.4 Å². The standard InChI is InChI=1S/C18H15F2N3OS2/c1-10-4-3-5-13(8-10)21-17-22-23-18(26-17)25-11(2)16(24)12-6-7-14(19)15(20)9-12/h3-9,11H,1-2H3,(H,21,22)/t11-/m0/s1. The number of hydrogen-bond acceptors (Lipinski definition) is 6. The Hall–Kier alpha value is -2.32. The van der Waals surface area contributed by atoms with E-state index in [-0.39, 0.29) is 11.3 Å². The fourth-order valence-corrected chi connectivity index (χ4v) is 4.24. The molecule has 134 valence electrons. The number of carbonyl (C=O) groups is 1. The molecule has 1 heterocycles. The summed E-state index contributed by atoms with van der Waals surface area (Å²) in [6, 6.07) is 11.0. The maximum absolute atomic E-state index is 13.3. The van der Waals surface area contributed by atoms with Gasteiger partial charge in [0.1, 0.15) is 0 Å². The van der Waals surface area contributed by atoms with Gasteiger partial charge in [-0.1, -0.05) is 35.2 Å². The quantitative estimate of drug-likeness (QED) is 0.460. The number of hydrogen-bond donors (Lipinski definition) is 1. The topological polar surface area (TPSA) is 54.9 Å². The zero-order valence-electron chi connectivity index (χ0n) is 14.0. The van der Waals surface area contributed by atoms with Crippen molar-refractivity contribution in [1.29, 1.82) is 0 Å². The molecule has 0 spiro atoms. The van der Waals surface area contributed by atoms with Gasteiger partial charge in [0.25, 0.3) is 0 Å². The highest BCUT2D eigenvalue weighted by Gasteiger charge is 2.20. The second-order valence-corrected chi connectivity index (χ2v) is 8.19. The van der Waals surface area contributed by atoms with Crippen LogP contribution in [0.15, 0.2) is 46.8 Å². The summed E-state index contributed by atoms with van der Waals surface area (Å²) in [4.78, 5) is 12.4. The maximum Gasteiger partial charge on any atom is 0.210 e. The summed E-state index contributed by atoms with van der Waals surface area (Å²) >= 11 is 2.55. The summed E-state index contributed by atoms with van der Waals surface area (Å²) in [5.41, 5.74) is 2.16. The Morgan fingerprint density at radius 3 is 2.69 bits per heavy atom. The Bertz CT molecular complexity index is 946. The van der Waals surface area contributed by atoms with Crippen molar-refractivity contribution in [1.82, 2.24) is 10.2 Å². The summed E-state index contributed by atoms with van der Waals surface area (Å²) in [6.45, 7) is 3.70. The van der Waals surface area contributed by atoms with Gasteiger partial charge in [0, 0.05) is 11.3 Å². The Morgan fingerprint density at radius 1 is 1.15 bits per heavy atom. The van der Waals surface area contributed by atoms with Crippen LogP contribution in [0.2, 0.25) is 0 Å². The van der Waals surface area contributed by atoms with Gasteiger partial charge in [-0.2, -0.15) is 0 Å². The van der Waals surface area contributed by atoms with Crippen molar-refractivity contribution in [2.75, 3.05) is 5.32 Å². The molecule has 2 aromatic carbocycles. The van der Waals surface area contributed by atoms with Crippen molar-refractivity contribution >= 4 is 39.7 Å². The van der Waals surface area contributed by atoms with E-state index in [1.165, 1.54) is 29.2 Å². The van der Waals surface area contributed by atoms with E-state index in [2.05, 4.69) is 15.5 Å². The van der Waals surface area contributed by atoms with Gasteiger partial charge < -0.3 is 5.32 Å². The zero-order chi connectivity index (χ0) is 18.7. The fourth-order valence-electron chi connectivity index (χ4n) is 2.24. The van der Waals surface area contributed by atoms with Gasteiger partial charge in [0.15, 0.2) is 21.8 Å². The number of Topliss-reactive ketones (excluding diaryl/α,β-unsaturated/α-hetero) is 1. The first-order valence-electron chi connectivity index (χ1n) is 7.75. The van der Waals surface area contributed by atoms with Crippen LogP contribution in [0.1, 0.15) is 22.8 Å². The SMILES string of the molecule is Cc1cccc(Nc2nnc(S[C@@H](C)C(=O)c3ccc(F)c(F)c3)s2)c1. The molecule has 3 aromatic rings. The first-order valence-corrected chi connectivity index (χ1v) is 9.45. The van der Waals surface area contributed by atoms with E-state index in [0.29, 0.717) is 9.47 Å². The lowest BCUT2D eigenvalue weighted by Gasteiger charge is -2.08. The number of aryl methyl sites for hydroxylation is 1. The molecule has 3 rings (SSSR count). The first-order chi connectivity index (χ1) is 12.4. The van der Waals surface area contributed by atoms with Crippen LogP contribution in [0.3, 0.4) is 0 Å². The second-order valence-electron chi connectivity index (χ2n) is 5.62. The van der Waals surface area contributed by atoms with E-state index in [9.17, 15) is 13.6 Å². The Balaban J connectivity index is 1.66. The van der Waals surface area contributed by atoms with Crippen LogP contribution >= 0.6 is 23.1 Å². The van der Waals surface area contributed by atoms with Gasteiger partial charge >= 0.3 is 0 Å². The van der Waals surface area contributed by atoms with Crippen LogP contribution in [0.5, 0.6) is 0 Å². The number of nitrogens with one attached hydrogen (secondary N) is 1. The maximum atomic E-state index is 13.3. The van der Waals surface area contributed by atoms with Gasteiger partial charge in [-0.15, -0.1) is 10.2 Å². The molecule has 0 aliphatic rings. The van der Waals surface area contributed by atoms with Crippen LogP contribution in [-0.2, 0) is 0 Å². The zero-order valence-corrected chi connectivity index (χ0v) is 15.6. The number of benzene rings is 2. The van der Waals surface area contributed by atoms with Crippen molar-refractivity contribution in [3.63, 3.8) is 0 Å². The lowest BCUT2D eigenvalue weighted by atomic mass is 10.1. The van der Waals surface area contributed by atoms with Crippen LogP contribution < -0.4 is 5.32 Å². The smallest absolute Gasteiger partial charge is 0.210 e. The normalized spacial score (nSPS) is 12.0. The molecule has 0 fully saturated rings. The molecule has 4 nitrogen and oxygen atoms in total. The number of anilines is 2. The Labute approximate surface area is 157 Å². The summed E-state index contributed by atoms with van der Waals surface area (Å²) in [7, 11) is 0. The first kappa shape index (κ1) is 18.5. The minimum Gasteiger partial charge on any atom is -0.330 e. The average molecular weight is 391 g/mol. The van der Waals surface area contributed by atoms with Crippen LogP contribution in [0.4, 0.5) is 19.6 Å². The molecule has 8 heteroatoms. The van der Waals surface area contributed by atoms with Crippen LogP contribution in [0, 0.1) is 18.6 Å². The van der Waals surface area contributed by atoms with Gasteiger partial charge in [-0.3, -0.25) is 4.79 Å². The summed E-state index contributed by atoms with van der Waals surface area (Å²) in [5.74, 6) is -2.30. The summed E-state index contributed by atoms with van der Waals surface area (Å²) < 4.78 is 26.9. The minimum atomic E-state index is -1.03. The van der Waals surface area contributed by atoms with Crippen molar-refractivity contribution < 1.29 is 13.6 Å². The highest BCUT2D eigenvalue weighted by Crippen LogP contribution is 2.31. The third-order valence-corrected chi connectivity index (χ3v) is 5.55. The second kappa shape index (κ2) is 7.92. The van der Waals surface area contributed by atoms with Gasteiger partial charge in [-0.05, 0) is 49.7 Å². The number of nitrogens with zero attached hydrogens (tertiary/aromatic N) is 2. The Kier molecular flexibility index (Phi) is 5.63. The number of halogens is 2. The molecule has 0 unspecified atom stereocenters. The molecular formula is C18H15F2N3OS2. The number of aromatic nitrogens is 2. The highest BCUT2D eigenvalue weighted by molar-refractivity contribution is 8.02. The largest absolute Gasteiger partial charge is 0.330 e.